The monoisotopic (exact) mass is 504 g/mol. The maximum Gasteiger partial charge on any atom is 0.224 e. The van der Waals surface area contributed by atoms with E-state index in [-0.39, 0.29) is 28.7 Å². The summed E-state index contributed by atoms with van der Waals surface area (Å²) in [4.78, 5) is 19.3. The second-order valence-electron chi connectivity index (χ2n) is 8.89. The van der Waals surface area contributed by atoms with Crippen LogP contribution in [0.15, 0.2) is 52.1 Å². The third-order valence-corrected chi connectivity index (χ3v) is 9.40. The number of carbonyl (C=O) groups is 1. The van der Waals surface area contributed by atoms with E-state index in [9.17, 15) is 13.2 Å². The molecule has 1 amide bonds. The first kappa shape index (κ1) is 24.8. The van der Waals surface area contributed by atoms with Crippen LogP contribution in [0.25, 0.3) is 0 Å². The SMILES string of the molecule is CC[C@H](C)N(CCNC(=O)Cc1ccc(NC2=N[C@@H]3CS(=O)(=O)C[C@@H]3S2)cc1)Cc1ccco1. The van der Waals surface area contributed by atoms with Crippen molar-refractivity contribution >= 4 is 38.4 Å². The van der Waals surface area contributed by atoms with Crippen LogP contribution in [0.1, 0.15) is 31.6 Å². The molecule has 0 spiro atoms. The highest BCUT2D eigenvalue weighted by Crippen LogP contribution is 2.34. The maximum absolute atomic E-state index is 12.4. The van der Waals surface area contributed by atoms with Gasteiger partial charge in [0.05, 0.1) is 36.8 Å². The van der Waals surface area contributed by atoms with Gasteiger partial charge in [-0.05, 0) is 43.2 Å². The van der Waals surface area contributed by atoms with Crippen LogP contribution < -0.4 is 10.6 Å². The Balaban J connectivity index is 1.21. The Hall–Kier alpha value is -2.30. The molecule has 184 valence electrons. The number of amides is 1. The van der Waals surface area contributed by atoms with Gasteiger partial charge in [-0.1, -0.05) is 30.8 Å². The Morgan fingerprint density at radius 1 is 1.26 bits per heavy atom. The number of sulfone groups is 1. The van der Waals surface area contributed by atoms with Gasteiger partial charge in [-0.25, -0.2) is 8.42 Å². The Kier molecular flexibility index (Phi) is 8.00. The van der Waals surface area contributed by atoms with Crippen LogP contribution in [-0.4, -0.2) is 66.3 Å². The van der Waals surface area contributed by atoms with Crippen molar-refractivity contribution in [1.29, 1.82) is 0 Å². The maximum atomic E-state index is 12.4. The average molecular weight is 505 g/mol. The Morgan fingerprint density at radius 2 is 2.06 bits per heavy atom. The average Bonchev–Trinajstić information content (AvgIpc) is 3.49. The number of furan rings is 1. The second-order valence-corrected chi connectivity index (χ2v) is 12.3. The van der Waals surface area contributed by atoms with Crippen LogP contribution in [0, 0.1) is 0 Å². The fraction of sp³-hybridized carbons (Fsp3) is 0.500. The van der Waals surface area contributed by atoms with E-state index in [1.807, 2.05) is 36.4 Å². The lowest BCUT2D eigenvalue weighted by Crippen LogP contribution is -2.39. The first-order valence-electron chi connectivity index (χ1n) is 11.7. The standard InChI is InChI=1S/C24H32N4O4S2/c1-3-17(2)28(14-20-5-4-12-32-20)11-10-25-23(29)13-18-6-8-19(9-7-18)26-24-27-21-15-34(30,31)16-22(21)33-24/h4-9,12,17,21-22H,3,10-11,13-16H2,1-2H3,(H,25,29)(H,26,27)/t17-,21+,22-/m0/s1. The highest BCUT2D eigenvalue weighted by molar-refractivity contribution is 8.15. The Bertz CT molecular complexity index is 1100. The molecule has 1 aromatic carbocycles. The summed E-state index contributed by atoms with van der Waals surface area (Å²) in [7, 11) is -2.95. The van der Waals surface area contributed by atoms with E-state index in [2.05, 4.69) is 34.4 Å². The summed E-state index contributed by atoms with van der Waals surface area (Å²) < 4.78 is 28.9. The zero-order valence-electron chi connectivity index (χ0n) is 19.6. The van der Waals surface area contributed by atoms with Crippen molar-refractivity contribution in [2.45, 2.75) is 50.6 Å². The van der Waals surface area contributed by atoms with Gasteiger partial charge in [-0.15, -0.1) is 0 Å². The molecule has 1 aromatic heterocycles. The Morgan fingerprint density at radius 3 is 2.74 bits per heavy atom. The number of rotatable bonds is 10. The zero-order chi connectivity index (χ0) is 24.1. The van der Waals surface area contributed by atoms with E-state index in [0.717, 1.165) is 41.7 Å². The van der Waals surface area contributed by atoms with Gasteiger partial charge in [-0.2, -0.15) is 0 Å². The summed E-state index contributed by atoms with van der Waals surface area (Å²) in [6.45, 7) is 6.41. The number of fused-ring (bicyclic) bond motifs is 1. The van der Waals surface area contributed by atoms with Gasteiger partial charge < -0.3 is 15.1 Å². The minimum Gasteiger partial charge on any atom is -0.468 e. The molecule has 3 heterocycles. The topological polar surface area (TPSA) is 104 Å². The van der Waals surface area contributed by atoms with Gasteiger partial charge >= 0.3 is 0 Å². The van der Waals surface area contributed by atoms with Crippen LogP contribution in [0.3, 0.4) is 0 Å². The predicted molar refractivity (Wildman–Crippen MR) is 137 cm³/mol. The molecular formula is C24H32N4O4S2. The van der Waals surface area contributed by atoms with Crippen molar-refractivity contribution in [3.8, 4) is 0 Å². The number of carbonyl (C=O) groups excluding carboxylic acids is 1. The van der Waals surface area contributed by atoms with Crippen LogP contribution in [0.4, 0.5) is 5.69 Å². The van der Waals surface area contributed by atoms with Crippen LogP contribution in [0.2, 0.25) is 0 Å². The fourth-order valence-electron chi connectivity index (χ4n) is 4.15. The minimum atomic E-state index is -2.95. The third kappa shape index (κ3) is 6.64. The molecule has 2 aromatic rings. The summed E-state index contributed by atoms with van der Waals surface area (Å²) in [5.74, 6) is 1.26. The predicted octanol–water partition coefficient (Wildman–Crippen LogP) is 2.92. The van der Waals surface area contributed by atoms with Crippen LogP contribution in [0.5, 0.6) is 0 Å². The minimum absolute atomic E-state index is 0.00688. The van der Waals surface area contributed by atoms with E-state index in [4.69, 9.17) is 4.42 Å². The summed E-state index contributed by atoms with van der Waals surface area (Å²) in [6.07, 6.45) is 3.03. The molecule has 0 saturated carbocycles. The number of nitrogens with zero attached hydrogens (tertiary/aromatic N) is 2. The van der Waals surface area contributed by atoms with Gasteiger partial charge in [0.2, 0.25) is 5.91 Å². The van der Waals surface area contributed by atoms with Crippen molar-refractivity contribution < 1.29 is 17.6 Å². The lowest BCUT2D eigenvalue weighted by molar-refractivity contribution is -0.120. The van der Waals surface area contributed by atoms with Gasteiger partial charge in [0.25, 0.3) is 0 Å². The molecular weight excluding hydrogens is 472 g/mol. The number of anilines is 1. The smallest absolute Gasteiger partial charge is 0.224 e. The van der Waals surface area contributed by atoms with E-state index >= 15 is 0 Å². The number of aliphatic imine (C=N–C) groups is 1. The van der Waals surface area contributed by atoms with Crippen LogP contribution >= 0.6 is 11.8 Å². The normalized spacial score (nSPS) is 21.8. The number of amidine groups is 1. The highest BCUT2D eigenvalue weighted by atomic mass is 32.2. The number of thioether (sulfide) groups is 1. The molecule has 1 fully saturated rings. The quantitative estimate of drug-likeness (QED) is 0.513. The zero-order valence-corrected chi connectivity index (χ0v) is 21.2. The first-order valence-corrected chi connectivity index (χ1v) is 14.4. The van der Waals surface area contributed by atoms with Crippen molar-refractivity contribution in [2.24, 2.45) is 4.99 Å². The third-order valence-electron chi connectivity index (χ3n) is 6.26. The summed E-state index contributed by atoms with van der Waals surface area (Å²) >= 11 is 1.49. The summed E-state index contributed by atoms with van der Waals surface area (Å²) in [5.41, 5.74) is 1.81. The molecule has 2 aliphatic heterocycles. The largest absolute Gasteiger partial charge is 0.468 e. The highest BCUT2D eigenvalue weighted by Gasteiger charge is 2.42. The molecule has 3 atom stereocenters. The molecule has 2 N–H and O–H groups in total. The molecule has 2 aliphatic rings. The van der Waals surface area contributed by atoms with Crippen molar-refractivity contribution in [3.05, 3.63) is 54.0 Å². The fourth-order valence-corrected chi connectivity index (χ4v) is 7.82. The second kappa shape index (κ2) is 11.0. The molecule has 0 bridgehead atoms. The lowest BCUT2D eigenvalue weighted by Gasteiger charge is -2.27. The van der Waals surface area contributed by atoms with Crippen LogP contribution in [-0.2, 0) is 27.6 Å². The number of nitrogens with one attached hydrogen (secondary N) is 2. The van der Waals surface area contributed by atoms with E-state index in [0.29, 0.717) is 19.0 Å². The van der Waals surface area contributed by atoms with Gasteiger partial charge in [-0.3, -0.25) is 14.7 Å². The van der Waals surface area contributed by atoms with Crippen molar-refractivity contribution in [1.82, 2.24) is 10.2 Å². The molecule has 0 aliphatic carbocycles. The van der Waals surface area contributed by atoms with Gasteiger partial charge in [0, 0.05) is 30.1 Å². The molecule has 34 heavy (non-hydrogen) atoms. The van der Waals surface area contributed by atoms with Gasteiger partial charge in [0.15, 0.2) is 15.0 Å². The Labute approximate surface area is 205 Å². The molecule has 10 heteroatoms. The molecule has 8 nitrogen and oxygen atoms in total. The number of hydrogen-bond acceptors (Lipinski definition) is 8. The molecule has 0 unspecified atom stereocenters. The van der Waals surface area contributed by atoms with Crippen molar-refractivity contribution in [2.75, 3.05) is 29.9 Å². The van der Waals surface area contributed by atoms with E-state index in [1.54, 1.807) is 6.26 Å². The summed E-state index contributed by atoms with van der Waals surface area (Å²) in [6, 6.07) is 11.8. The van der Waals surface area contributed by atoms with Gasteiger partial charge in [0.1, 0.15) is 5.76 Å². The van der Waals surface area contributed by atoms with E-state index in [1.165, 1.54) is 11.8 Å². The molecule has 1 saturated heterocycles. The van der Waals surface area contributed by atoms with E-state index < -0.39 is 9.84 Å². The molecule has 4 rings (SSSR count). The number of hydrogen-bond donors (Lipinski definition) is 2. The lowest BCUT2D eigenvalue weighted by atomic mass is 10.1. The first-order chi connectivity index (χ1) is 16.3. The summed E-state index contributed by atoms with van der Waals surface area (Å²) in [5, 5.41) is 7.07. The number of benzene rings is 1. The van der Waals surface area contributed by atoms with Crippen molar-refractivity contribution in [3.63, 3.8) is 0 Å². The molecule has 0 radical (unpaired) electrons.